The molecule has 2 aliphatic rings. The highest BCUT2D eigenvalue weighted by Gasteiger charge is 2.48. The molecule has 1 aliphatic heterocycles. The fraction of sp³-hybridized carbons (Fsp3) is 0.611. The zero-order valence-corrected chi connectivity index (χ0v) is 13.6. The molecule has 1 saturated carbocycles. The minimum absolute atomic E-state index is 0.0113. The molecule has 0 unspecified atom stereocenters. The molecule has 0 radical (unpaired) electrons. The summed E-state index contributed by atoms with van der Waals surface area (Å²) < 4.78 is 11.3. The number of methoxy groups -OCH3 is 1. The molecule has 1 aromatic rings. The van der Waals surface area contributed by atoms with E-state index in [0.29, 0.717) is 5.92 Å². The van der Waals surface area contributed by atoms with Crippen molar-refractivity contribution in [3.8, 4) is 0 Å². The lowest BCUT2D eigenvalue weighted by molar-refractivity contribution is -0.250. The van der Waals surface area contributed by atoms with Crippen molar-refractivity contribution in [3.63, 3.8) is 0 Å². The molecule has 0 aromatic heterocycles. The molecular formula is C18H25NO4. The van der Waals surface area contributed by atoms with Crippen molar-refractivity contribution in [1.29, 1.82) is 0 Å². The molecule has 1 aliphatic carbocycles. The van der Waals surface area contributed by atoms with Crippen molar-refractivity contribution >= 4 is 5.91 Å². The van der Waals surface area contributed by atoms with Gasteiger partial charge in [0.25, 0.3) is 0 Å². The van der Waals surface area contributed by atoms with Gasteiger partial charge < -0.3 is 19.9 Å². The van der Waals surface area contributed by atoms with Crippen LogP contribution in [-0.4, -0.2) is 42.7 Å². The van der Waals surface area contributed by atoms with E-state index in [4.69, 9.17) is 9.47 Å². The molecule has 1 heterocycles. The van der Waals surface area contributed by atoms with Crippen molar-refractivity contribution in [2.24, 2.45) is 5.92 Å². The van der Waals surface area contributed by atoms with Crippen LogP contribution < -0.4 is 5.32 Å². The summed E-state index contributed by atoms with van der Waals surface area (Å²) in [5.74, 6) is 0.249. The number of nitrogens with one attached hydrogen (secondary N) is 1. The quantitative estimate of drug-likeness (QED) is 0.891. The van der Waals surface area contributed by atoms with E-state index in [1.165, 1.54) is 12.5 Å². The van der Waals surface area contributed by atoms with Crippen LogP contribution >= 0.6 is 0 Å². The van der Waals surface area contributed by atoms with Gasteiger partial charge in [0.15, 0.2) is 6.29 Å². The largest absolute Gasteiger partial charge is 0.390 e. The van der Waals surface area contributed by atoms with E-state index in [1.807, 2.05) is 6.07 Å². The lowest BCUT2D eigenvalue weighted by atomic mass is 9.71. The van der Waals surface area contributed by atoms with Crippen LogP contribution in [0.1, 0.15) is 37.7 Å². The fourth-order valence-corrected chi connectivity index (χ4v) is 4.01. The first kappa shape index (κ1) is 16.4. The van der Waals surface area contributed by atoms with Gasteiger partial charge in [0.2, 0.25) is 5.91 Å². The van der Waals surface area contributed by atoms with Gasteiger partial charge in [-0.15, -0.1) is 0 Å². The molecule has 2 N–H and O–H groups in total. The monoisotopic (exact) mass is 319 g/mol. The van der Waals surface area contributed by atoms with Gasteiger partial charge in [-0.3, -0.25) is 4.79 Å². The molecule has 1 aromatic carbocycles. The normalized spacial score (nSPS) is 37.0. The van der Waals surface area contributed by atoms with Crippen molar-refractivity contribution < 1.29 is 19.4 Å². The summed E-state index contributed by atoms with van der Waals surface area (Å²) in [5.41, 5.74) is 1.31. The van der Waals surface area contributed by atoms with Crippen LogP contribution in [0.4, 0.5) is 0 Å². The number of benzene rings is 1. The molecule has 126 valence electrons. The first-order chi connectivity index (χ1) is 11.1. The SMILES string of the molecule is CO[C@@H]1O[C@@H]2CC[C@H](c3ccccc3)C[C@@H]2[C@H](O)[C@@H]1NC(C)=O. The highest BCUT2D eigenvalue weighted by molar-refractivity contribution is 5.73. The Morgan fingerprint density at radius 3 is 2.70 bits per heavy atom. The Hall–Kier alpha value is -1.43. The second-order valence-electron chi connectivity index (χ2n) is 6.58. The van der Waals surface area contributed by atoms with Crippen LogP contribution in [0.3, 0.4) is 0 Å². The second kappa shape index (κ2) is 6.99. The number of ether oxygens (including phenoxy) is 2. The Kier molecular flexibility index (Phi) is 4.99. The number of hydrogen-bond donors (Lipinski definition) is 2. The van der Waals surface area contributed by atoms with Crippen LogP contribution in [0.15, 0.2) is 30.3 Å². The van der Waals surface area contributed by atoms with E-state index in [1.54, 1.807) is 7.11 Å². The van der Waals surface area contributed by atoms with E-state index in [9.17, 15) is 9.90 Å². The third-order valence-corrected chi connectivity index (χ3v) is 5.12. The van der Waals surface area contributed by atoms with Gasteiger partial charge >= 0.3 is 0 Å². The first-order valence-electron chi connectivity index (χ1n) is 8.28. The second-order valence-corrected chi connectivity index (χ2v) is 6.58. The van der Waals surface area contributed by atoms with Crippen molar-refractivity contribution in [1.82, 2.24) is 5.32 Å². The molecule has 1 saturated heterocycles. The van der Waals surface area contributed by atoms with Gasteiger partial charge in [0.05, 0.1) is 12.2 Å². The maximum Gasteiger partial charge on any atom is 0.217 e. The number of aliphatic hydroxyl groups is 1. The van der Waals surface area contributed by atoms with Crippen LogP contribution in [-0.2, 0) is 14.3 Å². The van der Waals surface area contributed by atoms with Crippen LogP contribution in [0.5, 0.6) is 0 Å². The lowest BCUT2D eigenvalue weighted by Gasteiger charge is -2.48. The zero-order chi connectivity index (χ0) is 16.4. The van der Waals surface area contributed by atoms with Crippen molar-refractivity contribution in [2.45, 2.75) is 56.6 Å². The average Bonchev–Trinajstić information content (AvgIpc) is 2.57. The standard InChI is InChI=1S/C18H25NO4/c1-11(20)19-16-17(21)14-10-13(12-6-4-3-5-7-12)8-9-15(14)23-18(16)22-2/h3-7,13-18,21H,8-10H2,1-2H3,(H,19,20)/t13-,14-,15+,16-,17-,18+/m0/s1. The van der Waals surface area contributed by atoms with E-state index in [2.05, 4.69) is 29.6 Å². The smallest absolute Gasteiger partial charge is 0.217 e. The van der Waals surface area contributed by atoms with Crippen LogP contribution in [0.25, 0.3) is 0 Å². The number of amides is 1. The number of aliphatic hydroxyl groups excluding tert-OH is 1. The minimum Gasteiger partial charge on any atom is -0.390 e. The van der Waals surface area contributed by atoms with Crippen LogP contribution in [0.2, 0.25) is 0 Å². The fourth-order valence-electron chi connectivity index (χ4n) is 4.01. The highest BCUT2D eigenvalue weighted by Crippen LogP contribution is 2.42. The molecule has 23 heavy (non-hydrogen) atoms. The number of fused-ring (bicyclic) bond motifs is 1. The van der Waals surface area contributed by atoms with E-state index < -0.39 is 18.4 Å². The molecule has 0 bridgehead atoms. The van der Waals surface area contributed by atoms with Gasteiger partial charge in [0, 0.05) is 20.0 Å². The Morgan fingerprint density at radius 2 is 2.04 bits per heavy atom. The van der Waals surface area contributed by atoms with E-state index in [-0.39, 0.29) is 17.9 Å². The first-order valence-corrected chi connectivity index (χ1v) is 8.28. The minimum atomic E-state index is -0.658. The molecule has 5 nitrogen and oxygen atoms in total. The maximum atomic E-state index is 11.4. The highest BCUT2D eigenvalue weighted by atomic mass is 16.7. The molecule has 5 heteroatoms. The summed E-state index contributed by atoms with van der Waals surface area (Å²) in [6.45, 7) is 1.44. The summed E-state index contributed by atoms with van der Waals surface area (Å²) in [5, 5.41) is 13.6. The number of rotatable bonds is 3. The van der Waals surface area contributed by atoms with Crippen molar-refractivity contribution in [3.05, 3.63) is 35.9 Å². The van der Waals surface area contributed by atoms with Gasteiger partial charge in [-0.05, 0) is 30.7 Å². The van der Waals surface area contributed by atoms with Crippen molar-refractivity contribution in [2.75, 3.05) is 7.11 Å². The third-order valence-electron chi connectivity index (χ3n) is 5.12. The number of carbonyl (C=O) groups excluding carboxylic acids is 1. The maximum absolute atomic E-state index is 11.4. The zero-order valence-electron chi connectivity index (χ0n) is 13.6. The predicted molar refractivity (Wildman–Crippen MR) is 85.8 cm³/mol. The third kappa shape index (κ3) is 3.42. The Balaban J connectivity index is 1.76. The summed E-state index contributed by atoms with van der Waals surface area (Å²) >= 11 is 0. The van der Waals surface area contributed by atoms with Gasteiger partial charge in [-0.1, -0.05) is 30.3 Å². The van der Waals surface area contributed by atoms with E-state index >= 15 is 0 Å². The van der Waals surface area contributed by atoms with Gasteiger partial charge in [-0.25, -0.2) is 0 Å². The molecule has 1 amide bonds. The van der Waals surface area contributed by atoms with Crippen LogP contribution in [0, 0.1) is 5.92 Å². The Bertz CT molecular complexity index is 535. The molecule has 6 atom stereocenters. The summed E-state index contributed by atoms with van der Waals surface area (Å²) in [4.78, 5) is 11.4. The average molecular weight is 319 g/mol. The van der Waals surface area contributed by atoms with Gasteiger partial charge in [-0.2, -0.15) is 0 Å². The Morgan fingerprint density at radius 1 is 1.30 bits per heavy atom. The molecular weight excluding hydrogens is 294 g/mol. The van der Waals surface area contributed by atoms with E-state index in [0.717, 1.165) is 19.3 Å². The topological polar surface area (TPSA) is 67.8 Å². The summed E-state index contributed by atoms with van der Waals surface area (Å²) in [6.07, 6.45) is 1.53. The van der Waals surface area contributed by atoms with Gasteiger partial charge in [0.1, 0.15) is 6.04 Å². The molecule has 0 spiro atoms. The summed E-state index contributed by atoms with van der Waals surface area (Å²) in [6, 6.07) is 9.89. The predicted octanol–water partition coefficient (Wildman–Crippen LogP) is 1.81. The number of hydrogen-bond acceptors (Lipinski definition) is 4. The lowest BCUT2D eigenvalue weighted by Crippen LogP contribution is -2.62. The summed E-state index contributed by atoms with van der Waals surface area (Å²) in [7, 11) is 1.54. The number of carbonyl (C=O) groups is 1. The Labute approximate surface area is 137 Å². The molecule has 2 fully saturated rings. The molecule has 3 rings (SSSR count).